The fraction of sp³-hybridized carbons (Fsp3) is 0. The molecule has 0 radical (unpaired) electrons. The van der Waals surface area contributed by atoms with Crippen LogP contribution in [0.2, 0.25) is 0 Å². The predicted molar refractivity (Wildman–Crippen MR) is 313 cm³/mol. The molecule has 0 amide bonds. The van der Waals surface area contributed by atoms with Crippen LogP contribution >= 0.6 is 0 Å². The molecule has 13 aromatic rings. The Morgan fingerprint density at radius 3 is 1.07 bits per heavy atom. The van der Waals surface area contributed by atoms with Gasteiger partial charge in [-0.2, -0.15) is 10.2 Å². The molecule has 0 saturated heterocycles. The first-order chi connectivity index (χ1) is 37.7. The Morgan fingerprint density at radius 2 is 0.566 bits per heavy atom. The van der Waals surface area contributed by atoms with Gasteiger partial charge in [0.1, 0.15) is 0 Å². The highest BCUT2D eigenvalue weighted by molar-refractivity contribution is 5.97. The molecule has 0 N–H and O–H groups in total. The summed E-state index contributed by atoms with van der Waals surface area (Å²) in [6.07, 6.45) is 10.2. The Morgan fingerprint density at radius 1 is 0.211 bits per heavy atom. The molecular formula is C71H49N5. The molecule has 0 aliphatic carbocycles. The van der Waals surface area contributed by atoms with Crippen molar-refractivity contribution in [1.82, 2.24) is 24.5 Å². The third kappa shape index (κ3) is 9.14. The lowest BCUT2D eigenvalue weighted by molar-refractivity contribution is 0.881. The average molecular weight is 972 g/mol. The fourth-order valence-electron chi connectivity index (χ4n) is 10.4. The Kier molecular flexibility index (Phi) is 12.2. The molecule has 76 heavy (non-hydrogen) atoms. The Labute approximate surface area is 443 Å². The van der Waals surface area contributed by atoms with Crippen molar-refractivity contribution in [2.24, 2.45) is 0 Å². The van der Waals surface area contributed by atoms with Gasteiger partial charge in [0.05, 0.1) is 29.5 Å². The summed E-state index contributed by atoms with van der Waals surface area (Å²) >= 11 is 0. The smallest absolute Gasteiger partial charge is 0.0708 e. The van der Waals surface area contributed by atoms with E-state index in [2.05, 4.69) is 249 Å². The molecule has 0 aliphatic heterocycles. The van der Waals surface area contributed by atoms with Gasteiger partial charge in [0.15, 0.2) is 0 Å². The van der Waals surface area contributed by atoms with Crippen LogP contribution in [0.15, 0.2) is 298 Å². The van der Waals surface area contributed by atoms with E-state index in [4.69, 9.17) is 15.2 Å². The molecule has 3 aromatic heterocycles. The van der Waals surface area contributed by atoms with Crippen LogP contribution in [-0.4, -0.2) is 24.5 Å². The van der Waals surface area contributed by atoms with Gasteiger partial charge in [-0.1, -0.05) is 212 Å². The van der Waals surface area contributed by atoms with Crippen molar-refractivity contribution in [3.05, 3.63) is 298 Å². The minimum atomic E-state index is 0.909. The van der Waals surface area contributed by atoms with Gasteiger partial charge in [-0.3, -0.25) is 4.98 Å². The molecule has 0 saturated carbocycles. The van der Waals surface area contributed by atoms with E-state index in [-0.39, 0.29) is 0 Å². The average Bonchev–Trinajstić information content (AvgIpc) is 4.25. The molecule has 13 rings (SSSR count). The number of hydrogen-bond donors (Lipinski definition) is 0. The third-order valence-corrected chi connectivity index (χ3v) is 14.2. The highest BCUT2D eigenvalue weighted by atomic mass is 15.3. The molecule has 358 valence electrons. The van der Waals surface area contributed by atoms with E-state index in [9.17, 15) is 0 Å². The monoisotopic (exact) mass is 971 g/mol. The second-order valence-electron chi connectivity index (χ2n) is 19.0. The molecule has 0 aliphatic rings. The molecule has 5 nitrogen and oxygen atoms in total. The van der Waals surface area contributed by atoms with Crippen molar-refractivity contribution in [2.45, 2.75) is 0 Å². The van der Waals surface area contributed by atoms with Crippen LogP contribution in [0.1, 0.15) is 0 Å². The number of pyridine rings is 1. The van der Waals surface area contributed by atoms with Crippen molar-refractivity contribution in [2.75, 3.05) is 0 Å². The quantitative estimate of drug-likeness (QED) is 0.123. The maximum absolute atomic E-state index is 5.29. The van der Waals surface area contributed by atoms with Crippen LogP contribution in [0, 0.1) is 0 Å². The van der Waals surface area contributed by atoms with Crippen LogP contribution < -0.4 is 0 Å². The van der Waals surface area contributed by atoms with Crippen molar-refractivity contribution in [3.63, 3.8) is 0 Å². The Hall–Kier alpha value is -10.2. The zero-order valence-corrected chi connectivity index (χ0v) is 41.5. The maximum atomic E-state index is 5.29. The van der Waals surface area contributed by atoms with Gasteiger partial charge < -0.3 is 0 Å². The molecule has 0 bridgehead atoms. The van der Waals surface area contributed by atoms with Crippen molar-refractivity contribution in [3.8, 4) is 123 Å². The van der Waals surface area contributed by atoms with E-state index in [0.717, 1.165) is 112 Å². The first-order valence-corrected chi connectivity index (χ1v) is 25.6. The second-order valence-corrected chi connectivity index (χ2v) is 19.0. The van der Waals surface area contributed by atoms with Gasteiger partial charge in [-0.05, 0) is 138 Å². The lowest BCUT2D eigenvalue weighted by atomic mass is 9.85. The number of hydrogen-bond acceptors (Lipinski definition) is 3. The standard InChI is InChI=1S/C71H49N5/c1-5-20-50(21-6-1)51-36-38-52(39-37-51)54-24-19-25-55(40-54)71-44-69(53-22-7-2-8-23-53)70(47-72-71)68-35-18-17-32-65(68)58-42-56(63-30-13-15-33-66(63)59-45-73-75(48-59)61-26-9-3-10-27-61)41-57(43-58)64-31-14-16-34-67(64)60-46-74-76(49-60)62-28-11-4-12-29-62/h1-49H. The van der Waals surface area contributed by atoms with Gasteiger partial charge in [0.25, 0.3) is 0 Å². The molecule has 10 aromatic carbocycles. The summed E-state index contributed by atoms with van der Waals surface area (Å²) < 4.78 is 3.89. The predicted octanol–water partition coefficient (Wildman–Crippen LogP) is 18.1. The Balaban J connectivity index is 0.950. The van der Waals surface area contributed by atoms with Gasteiger partial charge in [0.2, 0.25) is 0 Å². The third-order valence-electron chi connectivity index (χ3n) is 14.2. The molecule has 5 heteroatoms. The van der Waals surface area contributed by atoms with Gasteiger partial charge in [-0.25, -0.2) is 9.36 Å². The van der Waals surface area contributed by atoms with Gasteiger partial charge >= 0.3 is 0 Å². The van der Waals surface area contributed by atoms with Crippen LogP contribution in [0.4, 0.5) is 0 Å². The molecule has 3 heterocycles. The van der Waals surface area contributed by atoms with E-state index in [1.54, 1.807) is 0 Å². The highest BCUT2D eigenvalue weighted by Crippen LogP contribution is 2.44. The van der Waals surface area contributed by atoms with Crippen LogP contribution in [0.25, 0.3) is 123 Å². The van der Waals surface area contributed by atoms with Crippen molar-refractivity contribution >= 4 is 0 Å². The summed E-state index contributed by atoms with van der Waals surface area (Å²) in [4.78, 5) is 5.29. The largest absolute Gasteiger partial charge is 0.256 e. The molecule has 0 spiro atoms. The lowest BCUT2D eigenvalue weighted by Crippen LogP contribution is -1.95. The zero-order valence-electron chi connectivity index (χ0n) is 41.5. The van der Waals surface area contributed by atoms with E-state index in [1.165, 1.54) is 11.1 Å². The molecular weight excluding hydrogens is 923 g/mol. The maximum Gasteiger partial charge on any atom is 0.0708 e. The molecule has 0 unspecified atom stereocenters. The fourth-order valence-corrected chi connectivity index (χ4v) is 10.4. The minimum absolute atomic E-state index is 0.909. The SMILES string of the molecule is c1ccc(-c2ccc(-c3cccc(-c4cc(-c5ccccc5)c(-c5ccccc5-c5cc(-c6ccccc6-c6cnn(-c7ccccc7)c6)cc(-c6ccccc6-c6cnn(-c7ccccc7)c6)c5)cn4)c3)cc2)cc1. The number of benzene rings is 10. The second kappa shape index (κ2) is 20.3. The van der Waals surface area contributed by atoms with Gasteiger partial charge in [-0.15, -0.1) is 0 Å². The molecule has 0 atom stereocenters. The topological polar surface area (TPSA) is 48.5 Å². The summed E-state index contributed by atoms with van der Waals surface area (Å²) in [6, 6.07) is 94.7. The van der Waals surface area contributed by atoms with E-state index >= 15 is 0 Å². The summed E-state index contributed by atoms with van der Waals surface area (Å²) in [5.74, 6) is 0. The first kappa shape index (κ1) is 45.6. The zero-order chi connectivity index (χ0) is 50.6. The van der Waals surface area contributed by atoms with E-state index < -0.39 is 0 Å². The summed E-state index contributed by atoms with van der Waals surface area (Å²) in [7, 11) is 0. The number of nitrogens with zero attached hydrogens (tertiary/aromatic N) is 5. The normalized spacial score (nSPS) is 11.2. The van der Waals surface area contributed by atoms with Crippen LogP contribution in [-0.2, 0) is 0 Å². The van der Waals surface area contributed by atoms with Crippen molar-refractivity contribution < 1.29 is 0 Å². The minimum Gasteiger partial charge on any atom is -0.256 e. The molecule has 0 fully saturated rings. The number of aromatic nitrogens is 5. The van der Waals surface area contributed by atoms with Crippen LogP contribution in [0.5, 0.6) is 0 Å². The lowest BCUT2D eigenvalue weighted by Gasteiger charge is -2.19. The van der Waals surface area contributed by atoms with Crippen LogP contribution in [0.3, 0.4) is 0 Å². The summed E-state index contributed by atoms with van der Waals surface area (Å²) in [6.45, 7) is 0. The number of para-hydroxylation sites is 2. The van der Waals surface area contributed by atoms with Crippen molar-refractivity contribution in [1.29, 1.82) is 0 Å². The van der Waals surface area contributed by atoms with E-state index in [0.29, 0.717) is 0 Å². The van der Waals surface area contributed by atoms with Gasteiger partial charge in [0, 0.05) is 40.8 Å². The summed E-state index contributed by atoms with van der Waals surface area (Å²) in [5, 5.41) is 9.67. The van der Waals surface area contributed by atoms with E-state index in [1.807, 2.05) is 58.2 Å². The summed E-state index contributed by atoms with van der Waals surface area (Å²) in [5.41, 5.74) is 23.9. The highest BCUT2D eigenvalue weighted by Gasteiger charge is 2.20. The Bertz CT molecular complexity index is 4000. The first-order valence-electron chi connectivity index (χ1n) is 25.6. The number of rotatable bonds is 12.